The Morgan fingerprint density at radius 3 is 1.87 bits per heavy atom. The minimum absolute atomic E-state index is 0.954. The molecule has 0 spiro atoms. The van der Waals surface area contributed by atoms with Crippen LogP contribution in [0.5, 0.6) is 0 Å². The summed E-state index contributed by atoms with van der Waals surface area (Å²) in [5.41, 5.74) is 2.94. The summed E-state index contributed by atoms with van der Waals surface area (Å²) >= 11 is 0. The summed E-state index contributed by atoms with van der Waals surface area (Å²) < 4.78 is 0. The fourth-order valence-corrected chi connectivity index (χ4v) is 6.17. The zero-order valence-electron chi connectivity index (χ0n) is 20.1. The molecule has 168 valence electrons. The zero-order valence-corrected chi connectivity index (χ0v) is 20.1. The third-order valence-corrected chi connectivity index (χ3v) is 8.22. The van der Waals surface area contributed by atoms with Crippen molar-refractivity contribution in [2.24, 2.45) is 23.7 Å². The topological polar surface area (TPSA) is 0 Å². The van der Waals surface area contributed by atoms with Crippen molar-refractivity contribution in [3.05, 3.63) is 47.5 Å². The van der Waals surface area contributed by atoms with E-state index in [1.165, 1.54) is 94.6 Å². The van der Waals surface area contributed by atoms with Crippen LogP contribution in [0.2, 0.25) is 0 Å². The lowest BCUT2D eigenvalue weighted by atomic mass is 9.68. The number of aryl methyl sites for hydroxylation is 1. The molecule has 0 heteroatoms. The maximum atomic E-state index is 2.48. The van der Waals surface area contributed by atoms with E-state index >= 15 is 0 Å². The molecule has 0 aromatic heterocycles. The molecule has 2 saturated carbocycles. The standard InChI is InChI=1S/C30H48/c1-3-5-6-10-27-17-21-29(22-18-27)30-23-19-28(20-24-30)12-8-7-11-26-15-13-25(9-4-2)14-16-26/h7-8,13-16,27-30H,3-6,9-12,17-24H2,1-2H3. The Morgan fingerprint density at radius 1 is 0.667 bits per heavy atom. The van der Waals surface area contributed by atoms with Crippen LogP contribution in [0.3, 0.4) is 0 Å². The van der Waals surface area contributed by atoms with Crippen LogP contribution in [-0.2, 0) is 12.8 Å². The van der Waals surface area contributed by atoms with Crippen molar-refractivity contribution < 1.29 is 0 Å². The lowest BCUT2D eigenvalue weighted by molar-refractivity contribution is 0.143. The Hall–Kier alpha value is -1.04. The third-order valence-electron chi connectivity index (χ3n) is 8.22. The van der Waals surface area contributed by atoms with Crippen LogP contribution in [0, 0.1) is 23.7 Å². The van der Waals surface area contributed by atoms with Crippen molar-refractivity contribution in [2.45, 2.75) is 117 Å². The molecule has 0 unspecified atom stereocenters. The van der Waals surface area contributed by atoms with Gasteiger partial charge in [-0.1, -0.05) is 95.2 Å². The molecular weight excluding hydrogens is 360 g/mol. The van der Waals surface area contributed by atoms with Gasteiger partial charge in [0.2, 0.25) is 0 Å². The minimum Gasteiger partial charge on any atom is -0.0879 e. The number of unbranched alkanes of at least 4 members (excludes halogenated alkanes) is 2. The molecule has 30 heavy (non-hydrogen) atoms. The van der Waals surface area contributed by atoms with Crippen LogP contribution in [0.1, 0.15) is 115 Å². The molecular formula is C30H48. The molecule has 0 amide bonds. The highest BCUT2D eigenvalue weighted by Gasteiger charge is 2.30. The number of hydrogen-bond donors (Lipinski definition) is 0. The van der Waals surface area contributed by atoms with Crippen LogP contribution in [-0.4, -0.2) is 0 Å². The summed E-state index contributed by atoms with van der Waals surface area (Å²) in [5.74, 6) is 4.15. The van der Waals surface area contributed by atoms with E-state index in [1.54, 1.807) is 12.8 Å². The van der Waals surface area contributed by atoms with E-state index in [-0.39, 0.29) is 0 Å². The third kappa shape index (κ3) is 7.90. The molecule has 2 fully saturated rings. The molecule has 2 aliphatic carbocycles. The zero-order chi connectivity index (χ0) is 21.0. The summed E-state index contributed by atoms with van der Waals surface area (Å²) in [4.78, 5) is 0. The van der Waals surface area contributed by atoms with Gasteiger partial charge in [0.15, 0.2) is 0 Å². The highest BCUT2D eigenvalue weighted by Crippen LogP contribution is 2.42. The number of hydrogen-bond acceptors (Lipinski definition) is 0. The molecule has 0 N–H and O–H groups in total. The lowest BCUT2D eigenvalue weighted by Gasteiger charge is -2.37. The smallest absolute Gasteiger partial charge is 0.00975 e. The minimum atomic E-state index is 0.954. The van der Waals surface area contributed by atoms with Gasteiger partial charge in [0.1, 0.15) is 0 Å². The van der Waals surface area contributed by atoms with Gasteiger partial charge >= 0.3 is 0 Å². The summed E-state index contributed by atoms with van der Waals surface area (Å²) in [6.07, 6.45) is 27.7. The fraction of sp³-hybridized carbons (Fsp3) is 0.733. The van der Waals surface area contributed by atoms with Gasteiger partial charge in [-0.3, -0.25) is 0 Å². The lowest BCUT2D eigenvalue weighted by Crippen LogP contribution is -2.25. The van der Waals surface area contributed by atoms with Crippen molar-refractivity contribution in [3.63, 3.8) is 0 Å². The molecule has 0 aliphatic heterocycles. The summed E-state index contributed by atoms with van der Waals surface area (Å²) in [6, 6.07) is 9.26. The van der Waals surface area contributed by atoms with E-state index in [2.05, 4.69) is 50.3 Å². The molecule has 0 atom stereocenters. The monoisotopic (exact) mass is 408 g/mol. The fourth-order valence-electron chi connectivity index (χ4n) is 6.17. The number of rotatable bonds is 11. The Bertz CT molecular complexity index is 579. The normalized spacial score (nSPS) is 27.5. The van der Waals surface area contributed by atoms with Gasteiger partial charge in [0.25, 0.3) is 0 Å². The highest BCUT2D eigenvalue weighted by atomic mass is 14.4. The Labute approximate surface area is 187 Å². The van der Waals surface area contributed by atoms with Crippen molar-refractivity contribution in [1.29, 1.82) is 0 Å². The quantitative estimate of drug-likeness (QED) is 0.253. The van der Waals surface area contributed by atoms with E-state index in [0.717, 1.165) is 30.1 Å². The molecule has 3 rings (SSSR count). The molecule has 0 heterocycles. The average molecular weight is 409 g/mol. The second-order valence-corrected chi connectivity index (χ2v) is 10.5. The van der Waals surface area contributed by atoms with Gasteiger partial charge < -0.3 is 0 Å². The van der Waals surface area contributed by atoms with Crippen molar-refractivity contribution in [3.8, 4) is 0 Å². The highest BCUT2D eigenvalue weighted by molar-refractivity contribution is 5.24. The summed E-state index contributed by atoms with van der Waals surface area (Å²) in [7, 11) is 0. The maximum absolute atomic E-state index is 2.48. The van der Waals surface area contributed by atoms with E-state index in [9.17, 15) is 0 Å². The molecule has 0 radical (unpaired) electrons. The van der Waals surface area contributed by atoms with Crippen molar-refractivity contribution >= 4 is 0 Å². The average Bonchev–Trinajstić information content (AvgIpc) is 2.79. The Balaban J connectivity index is 1.29. The largest absolute Gasteiger partial charge is 0.0879 e. The number of allylic oxidation sites excluding steroid dienone is 2. The maximum Gasteiger partial charge on any atom is -0.00975 e. The van der Waals surface area contributed by atoms with Gasteiger partial charge in [0, 0.05) is 0 Å². The van der Waals surface area contributed by atoms with Crippen LogP contribution in [0.4, 0.5) is 0 Å². The SMILES string of the molecule is CCCCCC1CCC(C2CCC(CC=CCc3ccc(CCC)cc3)CC2)CC1. The van der Waals surface area contributed by atoms with Gasteiger partial charge in [0.05, 0.1) is 0 Å². The van der Waals surface area contributed by atoms with Gasteiger partial charge in [-0.05, 0) is 92.6 Å². The molecule has 1 aromatic carbocycles. The van der Waals surface area contributed by atoms with E-state index < -0.39 is 0 Å². The van der Waals surface area contributed by atoms with Crippen LogP contribution < -0.4 is 0 Å². The molecule has 2 aliphatic rings. The first-order valence-corrected chi connectivity index (χ1v) is 13.5. The van der Waals surface area contributed by atoms with Crippen molar-refractivity contribution in [2.75, 3.05) is 0 Å². The predicted octanol–water partition coefficient (Wildman–Crippen LogP) is 9.32. The second-order valence-electron chi connectivity index (χ2n) is 10.5. The van der Waals surface area contributed by atoms with Crippen LogP contribution >= 0.6 is 0 Å². The summed E-state index contributed by atoms with van der Waals surface area (Å²) in [5, 5.41) is 0. The first-order chi connectivity index (χ1) is 14.8. The number of benzene rings is 1. The van der Waals surface area contributed by atoms with Crippen LogP contribution in [0.15, 0.2) is 36.4 Å². The first kappa shape index (κ1) is 23.6. The molecule has 0 bridgehead atoms. The van der Waals surface area contributed by atoms with E-state index in [4.69, 9.17) is 0 Å². The van der Waals surface area contributed by atoms with Gasteiger partial charge in [-0.25, -0.2) is 0 Å². The Kier molecular flexibility index (Phi) is 10.5. The van der Waals surface area contributed by atoms with E-state index in [1.807, 2.05) is 0 Å². The van der Waals surface area contributed by atoms with Gasteiger partial charge in [-0.15, -0.1) is 0 Å². The predicted molar refractivity (Wildman–Crippen MR) is 133 cm³/mol. The van der Waals surface area contributed by atoms with Gasteiger partial charge in [-0.2, -0.15) is 0 Å². The van der Waals surface area contributed by atoms with E-state index in [0.29, 0.717) is 0 Å². The molecule has 0 saturated heterocycles. The second kappa shape index (κ2) is 13.4. The van der Waals surface area contributed by atoms with Crippen molar-refractivity contribution in [1.82, 2.24) is 0 Å². The molecule has 0 nitrogen and oxygen atoms in total. The van der Waals surface area contributed by atoms with Crippen LogP contribution in [0.25, 0.3) is 0 Å². The molecule has 1 aromatic rings. The summed E-state index contributed by atoms with van der Waals surface area (Å²) in [6.45, 7) is 4.58. The first-order valence-electron chi connectivity index (χ1n) is 13.5. The Morgan fingerprint density at radius 2 is 1.27 bits per heavy atom.